The molecule has 188 valence electrons. The lowest BCUT2D eigenvalue weighted by Gasteiger charge is -2.33. The monoisotopic (exact) mass is 479 g/mol. The first-order chi connectivity index (χ1) is 16.4. The van der Waals surface area contributed by atoms with Crippen LogP contribution in [0.4, 0.5) is 10.5 Å². The highest BCUT2D eigenvalue weighted by Gasteiger charge is 2.42. The Morgan fingerprint density at radius 1 is 1.00 bits per heavy atom. The number of hydrogen-bond acceptors (Lipinski definition) is 4. The van der Waals surface area contributed by atoms with Crippen molar-refractivity contribution in [3.05, 3.63) is 64.2 Å². The van der Waals surface area contributed by atoms with E-state index in [2.05, 4.69) is 10.6 Å². The molecule has 0 heterocycles. The number of nitrogens with zero attached hydrogens (tertiary/aromatic N) is 1. The smallest absolute Gasteiger partial charge is 0.408 e. The summed E-state index contributed by atoms with van der Waals surface area (Å²) in [5.41, 5.74) is 4.78. The first kappa shape index (κ1) is 26.3. The summed E-state index contributed by atoms with van der Waals surface area (Å²) in [7, 11) is 0. The van der Waals surface area contributed by atoms with Crippen LogP contribution in [0.1, 0.15) is 67.5 Å². The Balaban J connectivity index is 1.93. The van der Waals surface area contributed by atoms with E-state index < -0.39 is 17.7 Å². The van der Waals surface area contributed by atoms with E-state index in [-0.39, 0.29) is 24.4 Å². The molecule has 1 aliphatic rings. The number of ether oxygens (including phenoxy) is 1. The van der Waals surface area contributed by atoms with E-state index in [9.17, 15) is 14.4 Å². The quantitative estimate of drug-likeness (QED) is 0.577. The van der Waals surface area contributed by atoms with Crippen LogP contribution in [0, 0.1) is 27.7 Å². The maximum absolute atomic E-state index is 13.8. The van der Waals surface area contributed by atoms with E-state index in [0.29, 0.717) is 0 Å². The van der Waals surface area contributed by atoms with E-state index in [0.717, 1.165) is 46.3 Å². The molecule has 0 bridgehead atoms. The van der Waals surface area contributed by atoms with Gasteiger partial charge in [0.05, 0.1) is 0 Å². The van der Waals surface area contributed by atoms with Gasteiger partial charge in [0.25, 0.3) is 5.91 Å². The van der Waals surface area contributed by atoms with Gasteiger partial charge in [0.15, 0.2) is 0 Å². The fraction of sp³-hybridized carbons (Fsp3) is 0.464. The van der Waals surface area contributed by atoms with Gasteiger partial charge < -0.3 is 20.3 Å². The molecule has 1 saturated carbocycles. The standard InChI is InChI=1S/C28H37N3O4/c1-17-11-14-22(20(4)15-17)25(26(33)30-24-18(2)9-8-10-19(24)3)31(21-12-13-21)23(32)16-29-27(34)35-28(5,6)7/h8-11,14-15,21,25H,12-13,16H2,1-7H3,(H,29,34)(H,30,33). The molecule has 2 N–H and O–H groups in total. The first-order valence-corrected chi connectivity index (χ1v) is 12.1. The average Bonchev–Trinajstić information content (AvgIpc) is 3.57. The summed E-state index contributed by atoms with van der Waals surface area (Å²) in [6.45, 7) is 12.9. The lowest BCUT2D eigenvalue weighted by Crippen LogP contribution is -2.47. The SMILES string of the molecule is Cc1ccc(C(C(=O)Nc2c(C)cccc2C)N(C(=O)CNC(=O)OC(C)(C)C)C2CC2)c(C)c1. The van der Waals surface area contributed by atoms with Crippen molar-refractivity contribution in [2.45, 2.75) is 79.0 Å². The summed E-state index contributed by atoms with van der Waals surface area (Å²) in [6, 6.07) is 10.9. The highest BCUT2D eigenvalue weighted by molar-refractivity contribution is 5.99. The van der Waals surface area contributed by atoms with Crippen molar-refractivity contribution in [3.8, 4) is 0 Å². The molecule has 1 fully saturated rings. The minimum absolute atomic E-state index is 0.0580. The number of amides is 3. The van der Waals surface area contributed by atoms with Crippen LogP contribution in [0.5, 0.6) is 0 Å². The number of anilines is 1. The summed E-state index contributed by atoms with van der Waals surface area (Å²) < 4.78 is 5.27. The van der Waals surface area contributed by atoms with Crippen LogP contribution >= 0.6 is 0 Å². The highest BCUT2D eigenvalue weighted by atomic mass is 16.6. The predicted octanol–water partition coefficient (Wildman–Crippen LogP) is 5.12. The summed E-state index contributed by atoms with van der Waals surface area (Å²) in [5, 5.41) is 5.64. The van der Waals surface area contributed by atoms with Crippen molar-refractivity contribution in [2.75, 3.05) is 11.9 Å². The van der Waals surface area contributed by atoms with Crippen molar-refractivity contribution in [3.63, 3.8) is 0 Å². The Kier molecular flexibility index (Phi) is 7.88. The summed E-state index contributed by atoms with van der Waals surface area (Å²) in [4.78, 5) is 41.1. The lowest BCUT2D eigenvalue weighted by molar-refractivity contribution is -0.139. The van der Waals surface area contributed by atoms with E-state index in [1.54, 1.807) is 25.7 Å². The van der Waals surface area contributed by atoms with E-state index in [4.69, 9.17) is 4.74 Å². The number of hydrogen-bond donors (Lipinski definition) is 2. The Hall–Kier alpha value is -3.35. The molecule has 0 aromatic heterocycles. The minimum Gasteiger partial charge on any atom is -0.444 e. The lowest BCUT2D eigenvalue weighted by atomic mass is 9.96. The Morgan fingerprint density at radius 2 is 1.63 bits per heavy atom. The number of para-hydroxylation sites is 1. The van der Waals surface area contributed by atoms with Crippen LogP contribution in [0.3, 0.4) is 0 Å². The van der Waals surface area contributed by atoms with Crippen LogP contribution in [0.25, 0.3) is 0 Å². The molecule has 0 radical (unpaired) electrons. The fourth-order valence-electron chi connectivity index (χ4n) is 4.22. The molecule has 0 spiro atoms. The van der Waals surface area contributed by atoms with Crippen molar-refractivity contribution >= 4 is 23.6 Å². The van der Waals surface area contributed by atoms with Crippen molar-refractivity contribution in [2.24, 2.45) is 0 Å². The third-order valence-corrected chi connectivity index (χ3v) is 5.99. The Labute approximate surface area is 208 Å². The molecule has 3 amide bonds. The summed E-state index contributed by atoms with van der Waals surface area (Å²) >= 11 is 0. The summed E-state index contributed by atoms with van der Waals surface area (Å²) in [6.07, 6.45) is 0.969. The number of rotatable bonds is 7. The van der Waals surface area contributed by atoms with Crippen molar-refractivity contribution < 1.29 is 19.1 Å². The molecule has 7 heteroatoms. The van der Waals surface area contributed by atoms with Gasteiger partial charge in [-0.05, 0) is 83.6 Å². The number of benzene rings is 2. The van der Waals surface area contributed by atoms with E-state index >= 15 is 0 Å². The molecular formula is C28H37N3O4. The van der Waals surface area contributed by atoms with E-state index in [1.165, 1.54) is 0 Å². The number of nitrogens with one attached hydrogen (secondary N) is 2. The molecule has 1 unspecified atom stereocenters. The number of alkyl carbamates (subject to hydrolysis) is 1. The van der Waals surface area contributed by atoms with Gasteiger partial charge in [-0.15, -0.1) is 0 Å². The fourth-order valence-corrected chi connectivity index (χ4v) is 4.22. The second-order valence-electron chi connectivity index (χ2n) is 10.4. The molecule has 1 atom stereocenters. The van der Waals surface area contributed by atoms with Crippen molar-refractivity contribution in [1.29, 1.82) is 0 Å². The molecule has 2 aromatic carbocycles. The first-order valence-electron chi connectivity index (χ1n) is 12.1. The molecule has 2 aromatic rings. The van der Waals surface area contributed by atoms with E-state index in [1.807, 2.05) is 64.1 Å². The Bertz CT molecular complexity index is 1100. The van der Waals surface area contributed by atoms with Crippen LogP contribution in [0.2, 0.25) is 0 Å². The highest BCUT2D eigenvalue weighted by Crippen LogP contribution is 2.37. The van der Waals surface area contributed by atoms with Crippen LogP contribution in [-0.2, 0) is 14.3 Å². The molecule has 7 nitrogen and oxygen atoms in total. The van der Waals surface area contributed by atoms with Gasteiger partial charge >= 0.3 is 6.09 Å². The largest absolute Gasteiger partial charge is 0.444 e. The van der Waals surface area contributed by atoms with Crippen LogP contribution in [0.15, 0.2) is 36.4 Å². The van der Waals surface area contributed by atoms with Gasteiger partial charge in [0.2, 0.25) is 5.91 Å². The topological polar surface area (TPSA) is 87.7 Å². The second-order valence-corrected chi connectivity index (χ2v) is 10.4. The zero-order valence-electron chi connectivity index (χ0n) is 21.8. The average molecular weight is 480 g/mol. The number of aryl methyl sites for hydroxylation is 4. The Morgan fingerprint density at radius 3 is 2.17 bits per heavy atom. The van der Waals surface area contributed by atoms with Gasteiger partial charge in [0, 0.05) is 11.7 Å². The van der Waals surface area contributed by atoms with Crippen LogP contribution < -0.4 is 10.6 Å². The van der Waals surface area contributed by atoms with Gasteiger partial charge in [-0.2, -0.15) is 0 Å². The summed E-state index contributed by atoms with van der Waals surface area (Å²) in [5.74, 6) is -0.591. The van der Waals surface area contributed by atoms with Crippen LogP contribution in [-0.4, -0.2) is 41.0 Å². The number of carbonyl (C=O) groups is 3. The van der Waals surface area contributed by atoms with Gasteiger partial charge in [-0.25, -0.2) is 4.79 Å². The maximum Gasteiger partial charge on any atom is 0.408 e. The molecule has 35 heavy (non-hydrogen) atoms. The van der Waals surface area contributed by atoms with Gasteiger partial charge in [-0.3, -0.25) is 9.59 Å². The second kappa shape index (κ2) is 10.5. The molecule has 1 aliphatic carbocycles. The minimum atomic E-state index is -0.824. The molecular weight excluding hydrogens is 442 g/mol. The molecule has 0 aliphatic heterocycles. The predicted molar refractivity (Wildman–Crippen MR) is 137 cm³/mol. The maximum atomic E-state index is 13.8. The molecule has 0 saturated heterocycles. The third-order valence-electron chi connectivity index (χ3n) is 5.99. The zero-order chi connectivity index (χ0) is 25.9. The number of carbonyl (C=O) groups excluding carboxylic acids is 3. The zero-order valence-corrected chi connectivity index (χ0v) is 21.8. The van der Waals surface area contributed by atoms with Gasteiger partial charge in [0.1, 0.15) is 18.2 Å². The third kappa shape index (κ3) is 6.84. The normalized spacial score (nSPS) is 14.1. The van der Waals surface area contributed by atoms with Crippen molar-refractivity contribution in [1.82, 2.24) is 10.2 Å². The van der Waals surface area contributed by atoms with Gasteiger partial charge in [-0.1, -0.05) is 42.0 Å². The molecule has 3 rings (SSSR count).